The number of ether oxygens (including phenoxy) is 1. The Hall–Kier alpha value is -4.28. The van der Waals surface area contributed by atoms with Crippen molar-refractivity contribution < 1.29 is 19.4 Å². The number of thiazole rings is 2. The number of aromatic nitrogens is 2. The van der Waals surface area contributed by atoms with E-state index in [-0.39, 0.29) is 11.7 Å². The molecule has 0 saturated heterocycles. The number of urea groups is 1. The first-order valence-electron chi connectivity index (χ1n) is 12.5. The van der Waals surface area contributed by atoms with E-state index in [9.17, 15) is 14.7 Å². The minimum atomic E-state index is -1.09. The Morgan fingerprint density at radius 1 is 1.03 bits per heavy atom. The van der Waals surface area contributed by atoms with Gasteiger partial charge in [-0.25, -0.2) is 19.6 Å². The quantitative estimate of drug-likeness (QED) is 0.230. The highest BCUT2D eigenvalue weighted by Gasteiger charge is 2.26. The van der Waals surface area contributed by atoms with Crippen LogP contribution in [0, 0.1) is 0 Å². The molecule has 10 heteroatoms. The molecule has 0 saturated carbocycles. The molecule has 39 heavy (non-hydrogen) atoms. The summed E-state index contributed by atoms with van der Waals surface area (Å²) >= 11 is 2.76. The lowest BCUT2D eigenvalue weighted by Gasteiger charge is -2.29. The van der Waals surface area contributed by atoms with Crippen molar-refractivity contribution in [3.05, 3.63) is 78.0 Å². The molecule has 2 N–H and O–H groups in total. The first kappa shape index (κ1) is 25.0. The number of hydrogen-bond acceptors (Lipinski definition) is 7. The summed E-state index contributed by atoms with van der Waals surface area (Å²) in [7, 11) is 0. The zero-order valence-electron chi connectivity index (χ0n) is 21.0. The molecule has 3 heterocycles. The van der Waals surface area contributed by atoms with Gasteiger partial charge in [0.25, 0.3) is 0 Å². The number of nitrogens with one attached hydrogen (secondary N) is 1. The van der Waals surface area contributed by atoms with Gasteiger partial charge in [0.05, 0.1) is 21.7 Å². The third kappa shape index (κ3) is 4.96. The molecule has 2 aromatic heterocycles. The number of fused-ring (bicyclic) bond motifs is 2. The number of para-hydroxylation sites is 1. The summed E-state index contributed by atoms with van der Waals surface area (Å²) in [6, 6.07) is 20.7. The van der Waals surface area contributed by atoms with Crippen molar-refractivity contribution in [2.45, 2.75) is 19.8 Å². The highest BCUT2D eigenvalue weighted by Crippen LogP contribution is 2.39. The van der Waals surface area contributed by atoms with Gasteiger partial charge in [0.15, 0.2) is 10.8 Å². The van der Waals surface area contributed by atoms with E-state index in [0.717, 1.165) is 51.2 Å². The van der Waals surface area contributed by atoms with E-state index < -0.39 is 5.97 Å². The third-order valence-corrected chi connectivity index (χ3v) is 8.57. The molecule has 0 aliphatic carbocycles. The van der Waals surface area contributed by atoms with Crippen molar-refractivity contribution >= 4 is 55.7 Å². The topological polar surface area (TPSA) is 105 Å². The molecule has 2 amide bonds. The van der Waals surface area contributed by atoms with Gasteiger partial charge in [0, 0.05) is 17.8 Å². The fourth-order valence-electron chi connectivity index (χ4n) is 4.66. The molecule has 0 fully saturated rings. The van der Waals surface area contributed by atoms with Crippen molar-refractivity contribution in [1.82, 2.24) is 9.97 Å². The lowest BCUT2D eigenvalue weighted by atomic mass is 10.00. The molecule has 0 spiro atoms. The number of benzene rings is 3. The number of nitrogens with zero attached hydrogens (tertiary/aromatic N) is 3. The summed E-state index contributed by atoms with van der Waals surface area (Å²) in [6.45, 7) is 3.04. The number of carbonyl (C=O) groups excluding carboxylic acids is 1. The summed E-state index contributed by atoms with van der Waals surface area (Å²) in [6.07, 6.45) is 1.71. The standard InChI is InChI=1S/C29H24N4O4S2/c1-2-37-20-13-11-18(12-14-20)25-24(27(34)35)31-26(39-25)19-10-9-17-6-5-15-33(22(17)16-19)29(36)32-28-30-21-7-3-4-8-23(21)38-28/h3-4,7-14,16H,2,5-6,15H2,1H3,(H,34,35)(H,30,32,36). The maximum atomic E-state index is 13.3. The Bertz CT molecular complexity index is 1660. The minimum absolute atomic E-state index is 0.00214. The molecular formula is C29H24N4O4S2. The highest BCUT2D eigenvalue weighted by atomic mass is 32.1. The third-order valence-electron chi connectivity index (χ3n) is 6.46. The second-order valence-electron chi connectivity index (χ2n) is 8.97. The van der Waals surface area contributed by atoms with E-state index in [1.54, 1.807) is 4.90 Å². The zero-order chi connectivity index (χ0) is 26.9. The van der Waals surface area contributed by atoms with Crippen molar-refractivity contribution in [3.63, 3.8) is 0 Å². The van der Waals surface area contributed by atoms with Gasteiger partial charge >= 0.3 is 12.0 Å². The molecule has 0 radical (unpaired) electrons. The summed E-state index contributed by atoms with van der Waals surface area (Å²) in [5.41, 5.74) is 4.23. The number of aryl methyl sites for hydroxylation is 1. The van der Waals surface area contributed by atoms with Crippen LogP contribution in [-0.4, -0.2) is 40.2 Å². The second-order valence-corrected chi connectivity index (χ2v) is 11.0. The smallest absolute Gasteiger partial charge is 0.356 e. The number of rotatable bonds is 6. The predicted molar refractivity (Wildman–Crippen MR) is 155 cm³/mol. The Morgan fingerprint density at radius 2 is 1.82 bits per heavy atom. The zero-order valence-corrected chi connectivity index (χ0v) is 22.6. The number of carboxylic acid groups (broad SMARTS) is 1. The summed E-state index contributed by atoms with van der Waals surface area (Å²) < 4.78 is 6.52. The normalized spacial score (nSPS) is 12.8. The van der Waals surface area contributed by atoms with Crippen LogP contribution in [0.4, 0.5) is 15.6 Å². The number of amides is 2. The van der Waals surface area contributed by atoms with E-state index in [0.29, 0.717) is 28.2 Å². The van der Waals surface area contributed by atoms with Crippen molar-refractivity contribution in [2.24, 2.45) is 0 Å². The van der Waals surface area contributed by atoms with Crippen LogP contribution in [0.15, 0.2) is 66.7 Å². The van der Waals surface area contributed by atoms with Gasteiger partial charge < -0.3 is 9.84 Å². The van der Waals surface area contributed by atoms with Gasteiger partial charge in [-0.05, 0) is 73.4 Å². The van der Waals surface area contributed by atoms with E-state index >= 15 is 0 Å². The first-order chi connectivity index (χ1) is 19.0. The van der Waals surface area contributed by atoms with Gasteiger partial charge in [-0.15, -0.1) is 11.3 Å². The fraction of sp³-hybridized carbons (Fsp3) is 0.172. The van der Waals surface area contributed by atoms with Crippen molar-refractivity contribution in [1.29, 1.82) is 0 Å². The van der Waals surface area contributed by atoms with E-state index in [1.165, 1.54) is 22.7 Å². The van der Waals surface area contributed by atoms with Gasteiger partial charge in [0.2, 0.25) is 0 Å². The number of carboxylic acids is 1. The monoisotopic (exact) mass is 556 g/mol. The molecule has 6 rings (SSSR count). The van der Waals surface area contributed by atoms with Crippen LogP contribution in [0.25, 0.3) is 31.2 Å². The lowest BCUT2D eigenvalue weighted by Crippen LogP contribution is -2.38. The number of anilines is 2. The Labute approximate surface area is 232 Å². The van der Waals surface area contributed by atoms with Gasteiger partial charge in [-0.3, -0.25) is 10.2 Å². The van der Waals surface area contributed by atoms with Crippen LogP contribution in [0.2, 0.25) is 0 Å². The number of carbonyl (C=O) groups is 2. The Kier molecular flexibility index (Phi) is 6.72. The molecule has 0 bridgehead atoms. The van der Waals surface area contributed by atoms with Gasteiger partial charge in [-0.1, -0.05) is 35.6 Å². The maximum Gasteiger partial charge on any atom is 0.356 e. The van der Waals surface area contributed by atoms with E-state index in [4.69, 9.17) is 4.74 Å². The van der Waals surface area contributed by atoms with Crippen LogP contribution >= 0.6 is 22.7 Å². The van der Waals surface area contributed by atoms with Crippen LogP contribution in [0.3, 0.4) is 0 Å². The van der Waals surface area contributed by atoms with Crippen LogP contribution in [-0.2, 0) is 6.42 Å². The van der Waals surface area contributed by atoms with E-state index in [2.05, 4.69) is 15.3 Å². The largest absolute Gasteiger partial charge is 0.494 e. The molecule has 1 aliphatic rings. The lowest BCUT2D eigenvalue weighted by molar-refractivity contribution is 0.0692. The van der Waals surface area contributed by atoms with Gasteiger partial charge in [0.1, 0.15) is 10.8 Å². The number of hydrogen-bond donors (Lipinski definition) is 2. The summed E-state index contributed by atoms with van der Waals surface area (Å²) in [4.78, 5) is 36.7. The molecule has 3 aromatic carbocycles. The van der Waals surface area contributed by atoms with Crippen LogP contribution in [0.5, 0.6) is 5.75 Å². The second kappa shape index (κ2) is 10.5. The molecule has 1 aliphatic heterocycles. The fourth-order valence-corrected chi connectivity index (χ4v) is 6.57. The van der Waals surface area contributed by atoms with Crippen LogP contribution < -0.4 is 15.0 Å². The Morgan fingerprint density at radius 3 is 2.59 bits per heavy atom. The molecule has 196 valence electrons. The highest BCUT2D eigenvalue weighted by molar-refractivity contribution is 7.22. The molecular weight excluding hydrogens is 532 g/mol. The summed E-state index contributed by atoms with van der Waals surface area (Å²) in [5, 5.41) is 14.0. The van der Waals surface area contributed by atoms with Crippen molar-refractivity contribution in [2.75, 3.05) is 23.4 Å². The Balaban J connectivity index is 1.31. The molecule has 0 unspecified atom stereocenters. The number of aromatic carboxylic acids is 1. The van der Waals surface area contributed by atoms with E-state index in [1.807, 2.05) is 73.7 Å². The van der Waals surface area contributed by atoms with Gasteiger partial charge in [-0.2, -0.15) is 0 Å². The minimum Gasteiger partial charge on any atom is -0.494 e. The molecule has 8 nitrogen and oxygen atoms in total. The summed E-state index contributed by atoms with van der Waals surface area (Å²) in [5.74, 6) is -0.363. The molecule has 0 atom stereocenters. The molecule has 5 aromatic rings. The van der Waals surface area contributed by atoms with Crippen LogP contribution in [0.1, 0.15) is 29.4 Å². The average molecular weight is 557 g/mol. The predicted octanol–water partition coefficient (Wildman–Crippen LogP) is 7.17. The maximum absolute atomic E-state index is 13.3. The SMILES string of the molecule is CCOc1ccc(-c2sc(-c3ccc4c(c3)N(C(=O)Nc3nc5ccccc5s3)CCC4)nc2C(=O)O)cc1. The average Bonchev–Trinajstić information content (AvgIpc) is 3.57. The van der Waals surface area contributed by atoms with Crippen molar-refractivity contribution in [3.8, 4) is 26.8 Å². The first-order valence-corrected chi connectivity index (χ1v) is 14.2.